The number of hydrogen-bond acceptors (Lipinski definition) is 0. The first-order valence-electron chi connectivity index (χ1n) is 14.8. The lowest BCUT2D eigenvalue weighted by Crippen LogP contribution is -2.12. The molecule has 0 bridgehead atoms. The zero-order valence-electron chi connectivity index (χ0n) is 24.7. The number of nitrogens with zero attached hydrogens (tertiary/aromatic N) is 1. The monoisotopic (exact) mass is 541 g/mol. The molecule has 42 heavy (non-hydrogen) atoms. The zero-order chi connectivity index (χ0) is 28.8. The van der Waals surface area contributed by atoms with Crippen molar-refractivity contribution in [2.45, 2.75) is 33.1 Å². The molecule has 0 saturated heterocycles. The Morgan fingerprint density at radius 2 is 1.07 bits per heavy atom. The van der Waals surface area contributed by atoms with Gasteiger partial charge in [-0.25, -0.2) is 0 Å². The van der Waals surface area contributed by atoms with Gasteiger partial charge in [0.25, 0.3) is 0 Å². The standard InChI is InChI=1S/C41H35N/c1-28-19-21-29(22-20-28)30-11-9-12-31(25-30)32-23-24-37-36-16-6-8-18-39(36)42(40(37)27-32)34-14-10-13-33(26-34)35-15-5-7-17-38(35)41(2,3)4/h5-27H,1-4H3. The number of fused-ring (bicyclic) bond motifs is 3. The minimum atomic E-state index is 0.0570. The molecule has 0 unspecified atom stereocenters. The molecule has 0 saturated carbocycles. The molecular weight excluding hydrogens is 506 g/mol. The van der Waals surface area contributed by atoms with Crippen LogP contribution in [0.15, 0.2) is 140 Å². The van der Waals surface area contributed by atoms with E-state index in [-0.39, 0.29) is 5.41 Å². The SMILES string of the molecule is Cc1ccc(-c2cccc(-c3ccc4c5ccccc5n(-c5cccc(-c6ccccc6C(C)(C)C)c5)c4c3)c2)cc1. The minimum Gasteiger partial charge on any atom is -0.309 e. The second-order valence-corrected chi connectivity index (χ2v) is 12.4. The van der Waals surface area contributed by atoms with Gasteiger partial charge in [-0.15, -0.1) is 0 Å². The van der Waals surface area contributed by atoms with E-state index in [9.17, 15) is 0 Å². The number of rotatable bonds is 4. The summed E-state index contributed by atoms with van der Waals surface area (Å²) >= 11 is 0. The van der Waals surface area contributed by atoms with Gasteiger partial charge < -0.3 is 4.57 Å². The van der Waals surface area contributed by atoms with Crippen molar-refractivity contribution in [3.05, 3.63) is 151 Å². The van der Waals surface area contributed by atoms with Crippen LogP contribution in [0.2, 0.25) is 0 Å². The summed E-state index contributed by atoms with van der Waals surface area (Å²) in [5.41, 5.74) is 13.8. The van der Waals surface area contributed by atoms with E-state index in [1.165, 1.54) is 72.0 Å². The predicted octanol–water partition coefficient (Wildman–Crippen LogP) is 11.4. The van der Waals surface area contributed by atoms with Crippen LogP contribution in [0.25, 0.3) is 60.9 Å². The van der Waals surface area contributed by atoms with Gasteiger partial charge in [-0.2, -0.15) is 0 Å². The molecule has 0 aliphatic carbocycles. The smallest absolute Gasteiger partial charge is 0.0547 e. The second-order valence-electron chi connectivity index (χ2n) is 12.4. The quantitative estimate of drug-likeness (QED) is 0.209. The highest BCUT2D eigenvalue weighted by molar-refractivity contribution is 6.10. The Labute approximate surface area is 248 Å². The third kappa shape index (κ3) is 4.62. The van der Waals surface area contributed by atoms with E-state index < -0.39 is 0 Å². The average molecular weight is 542 g/mol. The lowest BCUT2D eigenvalue weighted by molar-refractivity contribution is 0.592. The molecule has 0 aliphatic rings. The summed E-state index contributed by atoms with van der Waals surface area (Å²) in [5.74, 6) is 0. The Hall–Kier alpha value is -4.88. The first-order chi connectivity index (χ1) is 20.4. The van der Waals surface area contributed by atoms with Gasteiger partial charge >= 0.3 is 0 Å². The van der Waals surface area contributed by atoms with E-state index in [2.05, 4.69) is 172 Å². The average Bonchev–Trinajstić information content (AvgIpc) is 3.35. The van der Waals surface area contributed by atoms with Crippen LogP contribution in [0, 0.1) is 6.92 Å². The predicted molar refractivity (Wildman–Crippen MR) is 181 cm³/mol. The summed E-state index contributed by atoms with van der Waals surface area (Å²) in [4.78, 5) is 0. The van der Waals surface area contributed by atoms with Crippen LogP contribution in [0.5, 0.6) is 0 Å². The third-order valence-corrected chi connectivity index (χ3v) is 8.40. The molecular formula is C41H35N. The number of aryl methyl sites for hydroxylation is 1. The van der Waals surface area contributed by atoms with Gasteiger partial charge in [-0.05, 0) is 81.6 Å². The van der Waals surface area contributed by atoms with E-state index in [0.717, 1.165) is 0 Å². The Morgan fingerprint density at radius 1 is 0.452 bits per heavy atom. The van der Waals surface area contributed by atoms with Crippen LogP contribution >= 0.6 is 0 Å². The first-order valence-corrected chi connectivity index (χ1v) is 14.8. The van der Waals surface area contributed by atoms with Crippen molar-refractivity contribution in [3.8, 4) is 39.1 Å². The minimum absolute atomic E-state index is 0.0570. The lowest BCUT2D eigenvalue weighted by Gasteiger charge is -2.23. The van der Waals surface area contributed by atoms with Gasteiger partial charge in [0.2, 0.25) is 0 Å². The Kier molecular flexibility index (Phi) is 6.32. The summed E-state index contributed by atoms with van der Waals surface area (Å²) in [6, 6.07) is 51.2. The number of para-hydroxylation sites is 1. The third-order valence-electron chi connectivity index (χ3n) is 8.40. The molecule has 6 aromatic carbocycles. The summed E-state index contributed by atoms with van der Waals surface area (Å²) in [6.07, 6.45) is 0. The number of hydrogen-bond donors (Lipinski definition) is 0. The van der Waals surface area contributed by atoms with Crippen molar-refractivity contribution in [1.82, 2.24) is 4.57 Å². The highest BCUT2D eigenvalue weighted by Crippen LogP contribution is 2.38. The van der Waals surface area contributed by atoms with Gasteiger partial charge in [-0.1, -0.05) is 136 Å². The van der Waals surface area contributed by atoms with Gasteiger partial charge in [0.15, 0.2) is 0 Å². The second kappa shape index (κ2) is 10.2. The molecule has 0 N–H and O–H groups in total. The highest BCUT2D eigenvalue weighted by Gasteiger charge is 2.19. The molecule has 1 nitrogen and oxygen atoms in total. The lowest BCUT2D eigenvalue weighted by atomic mass is 9.82. The van der Waals surface area contributed by atoms with Crippen LogP contribution in [0.1, 0.15) is 31.9 Å². The van der Waals surface area contributed by atoms with E-state index in [4.69, 9.17) is 0 Å². The van der Waals surface area contributed by atoms with Gasteiger partial charge in [0, 0.05) is 16.5 Å². The topological polar surface area (TPSA) is 4.93 Å². The van der Waals surface area contributed by atoms with Gasteiger partial charge in [-0.3, -0.25) is 0 Å². The normalized spacial score (nSPS) is 11.8. The molecule has 0 amide bonds. The maximum atomic E-state index is 2.43. The molecule has 1 heteroatoms. The Balaban J connectivity index is 1.41. The van der Waals surface area contributed by atoms with Crippen molar-refractivity contribution < 1.29 is 0 Å². The summed E-state index contributed by atoms with van der Waals surface area (Å²) < 4.78 is 2.43. The first kappa shape index (κ1) is 26.0. The molecule has 0 spiro atoms. The molecule has 204 valence electrons. The molecule has 1 aromatic heterocycles. The van der Waals surface area contributed by atoms with Crippen LogP contribution < -0.4 is 0 Å². The molecule has 0 atom stereocenters. The fraction of sp³-hybridized carbons (Fsp3) is 0.122. The van der Waals surface area contributed by atoms with Crippen LogP contribution in [0.4, 0.5) is 0 Å². The summed E-state index contributed by atoms with van der Waals surface area (Å²) in [5, 5.41) is 2.54. The van der Waals surface area contributed by atoms with Crippen molar-refractivity contribution in [2.75, 3.05) is 0 Å². The van der Waals surface area contributed by atoms with E-state index in [1.54, 1.807) is 0 Å². The largest absolute Gasteiger partial charge is 0.309 e. The van der Waals surface area contributed by atoms with Crippen LogP contribution in [-0.4, -0.2) is 4.57 Å². The van der Waals surface area contributed by atoms with Gasteiger partial charge in [0.1, 0.15) is 0 Å². The fourth-order valence-corrected chi connectivity index (χ4v) is 6.25. The summed E-state index contributed by atoms with van der Waals surface area (Å²) in [6.45, 7) is 9.00. The molecule has 7 rings (SSSR count). The molecule has 0 aliphatic heterocycles. The van der Waals surface area contributed by atoms with E-state index >= 15 is 0 Å². The van der Waals surface area contributed by atoms with Crippen LogP contribution in [0.3, 0.4) is 0 Å². The van der Waals surface area contributed by atoms with Crippen molar-refractivity contribution in [1.29, 1.82) is 0 Å². The van der Waals surface area contributed by atoms with E-state index in [1.807, 2.05) is 0 Å². The zero-order valence-corrected chi connectivity index (χ0v) is 24.7. The van der Waals surface area contributed by atoms with Crippen molar-refractivity contribution >= 4 is 21.8 Å². The molecule has 0 fully saturated rings. The maximum Gasteiger partial charge on any atom is 0.0547 e. The molecule has 1 heterocycles. The molecule has 0 radical (unpaired) electrons. The van der Waals surface area contributed by atoms with Crippen molar-refractivity contribution in [2.24, 2.45) is 0 Å². The van der Waals surface area contributed by atoms with E-state index in [0.29, 0.717) is 0 Å². The Morgan fingerprint density at radius 3 is 1.88 bits per heavy atom. The maximum absolute atomic E-state index is 2.43. The van der Waals surface area contributed by atoms with Crippen molar-refractivity contribution in [3.63, 3.8) is 0 Å². The number of aromatic nitrogens is 1. The highest BCUT2D eigenvalue weighted by atomic mass is 15.0. The fourth-order valence-electron chi connectivity index (χ4n) is 6.25. The summed E-state index contributed by atoms with van der Waals surface area (Å²) in [7, 11) is 0. The van der Waals surface area contributed by atoms with Crippen LogP contribution in [-0.2, 0) is 5.41 Å². The number of benzene rings is 6. The van der Waals surface area contributed by atoms with Gasteiger partial charge in [0.05, 0.1) is 11.0 Å². The molecule has 7 aromatic rings. The Bertz CT molecular complexity index is 2070.